The first-order chi connectivity index (χ1) is 18.0. The SMILES string of the molecule is C[C@]12CCC(=O)C=C1CC[C@@H]1[C@@H]2[C@H](O)C[C@@]2(C)[C@H]1CC[C@]2(O)C(=O)CN1CCN(c2ccc(F)cc2)CC1.Cl.Cl. The summed E-state index contributed by atoms with van der Waals surface area (Å²) in [6.45, 7) is 7.40. The minimum atomic E-state index is -1.43. The number of aliphatic hydroxyl groups is 2. The number of nitrogens with zero attached hydrogens (tertiary/aromatic N) is 2. The Kier molecular flexibility index (Phi) is 8.87. The van der Waals surface area contributed by atoms with Crippen LogP contribution in [0.2, 0.25) is 0 Å². The Labute approximate surface area is 249 Å². The number of fused-ring (bicyclic) bond motifs is 5. The van der Waals surface area contributed by atoms with E-state index in [2.05, 4.69) is 16.7 Å². The van der Waals surface area contributed by atoms with Gasteiger partial charge in [-0.1, -0.05) is 19.4 Å². The van der Waals surface area contributed by atoms with Crippen LogP contribution in [0.25, 0.3) is 0 Å². The molecule has 1 heterocycles. The molecule has 1 saturated heterocycles. The zero-order valence-corrected chi connectivity index (χ0v) is 25.1. The Morgan fingerprint density at radius 1 is 1.02 bits per heavy atom. The molecule has 222 valence electrons. The van der Waals surface area contributed by atoms with Crippen LogP contribution in [0.5, 0.6) is 0 Å². The first kappa shape index (κ1) is 31.4. The van der Waals surface area contributed by atoms with Gasteiger partial charge in [0.15, 0.2) is 11.6 Å². The molecule has 0 unspecified atom stereocenters. The summed E-state index contributed by atoms with van der Waals surface area (Å²) >= 11 is 0. The van der Waals surface area contributed by atoms with E-state index in [0.29, 0.717) is 32.4 Å². The van der Waals surface area contributed by atoms with Crippen molar-refractivity contribution < 1.29 is 24.2 Å². The van der Waals surface area contributed by atoms with Crippen LogP contribution in [0.1, 0.15) is 58.8 Å². The van der Waals surface area contributed by atoms with Gasteiger partial charge in [-0.25, -0.2) is 4.39 Å². The Morgan fingerprint density at radius 3 is 2.38 bits per heavy atom. The van der Waals surface area contributed by atoms with Crippen molar-refractivity contribution in [2.24, 2.45) is 28.6 Å². The minimum Gasteiger partial charge on any atom is -0.393 e. The molecule has 5 aliphatic rings. The van der Waals surface area contributed by atoms with Gasteiger partial charge in [0.2, 0.25) is 0 Å². The van der Waals surface area contributed by atoms with Crippen LogP contribution in [0.4, 0.5) is 10.1 Å². The van der Waals surface area contributed by atoms with Gasteiger partial charge in [0.05, 0.1) is 12.6 Å². The number of anilines is 1. The summed E-state index contributed by atoms with van der Waals surface area (Å²) in [6, 6.07) is 6.52. The van der Waals surface area contributed by atoms with E-state index in [1.807, 2.05) is 13.0 Å². The molecule has 4 fully saturated rings. The van der Waals surface area contributed by atoms with E-state index >= 15 is 0 Å². The number of hydrogen-bond acceptors (Lipinski definition) is 6. The lowest BCUT2D eigenvalue weighted by atomic mass is 9.45. The molecule has 0 amide bonds. The number of piperazine rings is 1. The van der Waals surface area contributed by atoms with Gasteiger partial charge in [-0.3, -0.25) is 14.5 Å². The Morgan fingerprint density at radius 2 is 1.70 bits per heavy atom. The summed E-state index contributed by atoms with van der Waals surface area (Å²) in [6.07, 6.45) is 6.02. The number of halogens is 3. The van der Waals surface area contributed by atoms with Crippen molar-refractivity contribution in [2.45, 2.75) is 70.5 Å². The summed E-state index contributed by atoms with van der Waals surface area (Å²) in [5, 5.41) is 23.7. The van der Waals surface area contributed by atoms with Crippen molar-refractivity contribution in [2.75, 3.05) is 37.6 Å². The number of carbonyl (C=O) groups excluding carboxylic acids is 2. The van der Waals surface area contributed by atoms with Crippen LogP contribution in [0, 0.1) is 34.4 Å². The van der Waals surface area contributed by atoms with Gasteiger partial charge in [-0.2, -0.15) is 0 Å². The smallest absolute Gasteiger partial charge is 0.178 e. The second kappa shape index (κ2) is 11.3. The molecule has 1 aromatic rings. The largest absolute Gasteiger partial charge is 0.393 e. The molecule has 0 aromatic heterocycles. The van der Waals surface area contributed by atoms with Gasteiger partial charge in [-0.05, 0) is 92.0 Å². The van der Waals surface area contributed by atoms with Crippen molar-refractivity contribution in [1.82, 2.24) is 4.90 Å². The highest BCUT2D eigenvalue weighted by Crippen LogP contribution is 2.67. The van der Waals surface area contributed by atoms with Gasteiger partial charge >= 0.3 is 0 Å². The lowest BCUT2D eigenvalue weighted by Gasteiger charge is -2.60. The maximum Gasteiger partial charge on any atom is 0.178 e. The van der Waals surface area contributed by atoms with E-state index < -0.39 is 17.1 Å². The fraction of sp³-hybridized carbons (Fsp3) is 0.677. The number of benzene rings is 1. The van der Waals surface area contributed by atoms with Crippen molar-refractivity contribution in [3.63, 3.8) is 0 Å². The third-order valence-electron chi connectivity index (χ3n) is 11.4. The van der Waals surface area contributed by atoms with Crippen molar-refractivity contribution >= 4 is 42.1 Å². The molecular formula is C31H43Cl2FN2O4. The highest BCUT2D eigenvalue weighted by Gasteiger charge is 2.68. The molecule has 2 N–H and O–H groups in total. The van der Waals surface area contributed by atoms with Crippen LogP contribution in [0.15, 0.2) is 35.9 Å². The molecule has 6 nitrogen and oxygen atoms in total. The molecule has 7 atom stereocenters. The maximum absolute atomic E-state index is 13.8. The summed E-state index contributed by atoms with van der Waals surface area (Å²) in [5.74, 6) is 0.350. The maximum atomic E-state index is 13.8. The second-order valence-electron chi connectivity index (χ2n) is 13.1. The molecule has 1 aliphatic heterocycles. The normalized spacial score (nSPS) is 39.2. The number of ketones is 2. The summed E-state index contributed by atoms with van der Waals surface area (Å²) in [7, 11) is 0. The number of rotatable bonds is 4. The van der Waals surface area contributed by atoms with Crippen LogP contribution < -0.4 is 4.90 Å². The van der Waals surface area contributed by atoms with Crippen LogP contribution in [-0.2, 0) is 9.59 Å². The molecule has 1 aromatic carbocycles. The highest BCUT2D eigenvalue weighted by atomic mass is 35.5. The van der Waals surface area contributed by atoms with Crippen LogP contribution in [0.3, 0.4) is 0 Å². The van der Waals surface area contributed by atoms with E-state index in [0.717, 1.165) is 44.5 Å². The average molecular weight is 598 g/mol. The summed E-state index contributed by atoms with van der Waals surface area (Å²) < 4.78 is 13.3. The fourth-order valence-corrected chi connectivity index (χ4v) is 9.30. The second-order valence-corrected chi connectivity index (χ2v) is 13.1. The number of hydrogen-bond donors (Lipinski definition) is 2. The van der Waals surface area contributed by atoms with E-state index in [1.54, 1.807) is 12.1 Å². The molecule has 3 saturated carbocycles. The van der Waals surface area contributed by atoms with E-state index in [1.165, 1.54) is 17.7 Å². The van der Waals surface area contributed by atoms with Gasteiger partial charge in [-0.15, -0.1) is 24.8 Å². The Bertz CT molecular complexity index is 1160. The molecule has 6 rings (SSSR count). The summed E-state index contributed by atoms with van der Waals surface area (Å²) in [4.78, 5) is 30.3. The molecule has 9 heteroatoms. The molecule has 0 bridgehead atoms. The molecule has 0 spiro atoms. The van der Waals surface area contributed by atoms with E-state index in [4.69, 9.17) is 0 Å². The predicted molar refractivity (Wildman–Crippen MR) is 158 cm³/mol. The van der Waals surface area contributed by atoms with E-state index in [-0.39, 0.29) is 71.9 Å². The van der Waals surface area contributed by atoms with Gasteiger partial charge < -0.3 is 15.1 Å². The van der Waals surface area contributed by atoms with Crippen molar-refractivity contribution in [3.8, 4) is 0 Å². The lowest BCUT2D eigenvalue weighted by molar-refractivity contribution is -0.181. The first-order valence-corrected chi connectivity index (χ1v) is 14.5. The zero-order chi connectivity index (χ0) is 26.9. The quantitative estimate of drug-likeness (QED) is 0.529. The van der Waals surface area contributed by atoms with Gasteiger partial charge in [0.1, 0.15) is 11.4 Å². The van der Waals surface area contributed by atoms with Crippen molar-refractivity contribution in [1.29, 1.82) is 0 Å². The third kappa shape index (κ3) is 4.84. The number of aliphatic hydroxyl groups excluding tert-OH is 1. The standard InChI is InChI=1S/C31H41FN2O4.2ClH/c1-29-11-9-23(35)17-20(29)3-8-24-25-10-12-31(38,30(25,2)18-26(36)28(24)29)27(37)19-33-13-15-34(16-14-33)22-6-4-21(32)5-7-22;;/h4-7,17,24-26,28,36,38H,3,8-16,18-19H2,1-2H3;2*1H/t24-,25-,26+,28+,29-,30-,31-;;/m0../s1. The first-order valence-electron chi connectivity index (χ1n) is 14.5. The molecular weight excluding hydrogens is 554 g/mol. The molecule has 0 radical (unpaired) electrons. The average Bonchev–Trinajstić information content (AvgIpc) is 3.16. The van der Waals surface area contributed by atoms with Gasteiger partial charge in [0, 0.05) is 43.7 Å². The molecule has 40 heavy (non-hydrogen) atoms. The highest BCUT2D eigenvalue weighted by molar-refractivity contribution is 5.92. The Hall–Kier alpha value is -1.51. The van der Waals surface area contributed by atoms with E-state index in [9.17, 15) is 24.2 Å². The van der Waals surface area contributed by atoms with Crippen LogP contribution in [-0.4, -0.2) is 71.1 Å². The number of allylic oxidation sites excluding steroid dienone is 1. The number of Topliss-reactive ketones (excluding diaryl/α,β-unsaturated/α-hetero) is 1. The van der Waals surface area contributed by atoms with Crippen molar-refractivity contribution in [3.05, 3.63) is 41.7 Å². The third-order valence-corrected chi connectivity index (χ3v) is 11.4. The lowest BCUT2D eigenvalue weighted by Crippen LogP contribution is -2.63. The van der Waals surface area contributed by atoms with Gasteiger partial charge in [0.25, 0.3) is 0 Å². The number of carbonyl (C=O) groups is 2. The summed E-state index contributed by atoms with van der Waals surface area (Å²) in [5.41, 5.74) is -0.0805. The fourth-order valence-electron chi connectivity index (χ4n) is 9.30. The topological polar surface area (TPSA) is 81.1 Å². The Balaban J connectivity index is 0.00000185. The minimum absolute atomic E-state index is 0. The zero-order valence-electron chi connectivity index (χ0n) is 23.5. The predicted octanol–water partition coefficient (Wildman–Crippen LogP) is 4.59. The molecule has 4 aliphatic carbocycles. The monoisotopic (exact) mass is 596 g/mol. The van der Waals surface area contributed by atoms with Crippen LogP contribution >= 0.6 is 24.8 Å².